The molecule has 0 fully saturated rings. The van der Waals surface area contributed by atoms with Crippen molar-refractivity contribution in [1.29, 1.82) is 0 Å². The molecule has 0 saturated heterocycles. The number of anilines is 1. The molecule has 7 heteroatoms. The molecule has 0 saturated carbocycles. The Morgan fingerprint density at radius 3 is 2.63 bits per heavy atom. The lowest BCUT2D eigenvalue weighted by atomic mass is 10.2. The molecule has 1 N–H and O–H groups in total. The van der Waals surface area contributed by atoms with Crippen LogP contribution >= 0.6 is 0 Å². The molecular formula is C12H15F3N2O2. The number of halogens is 3. The quantitative estimate of drug-likeness (QED) is 0.840. The number of aromatic nitrogens is 1. The molecule has 1 atom stereocenters. The number of esters is 1. The number of alkyl halides is 3. The summed E-state index contributed by atoms with van der Waals surface area (Å²) < 4.78 is 41.7. The Hall–Kier alpha value is -1.79. The second-order valence-corrected chi connectivity index (χ2v) is 3.98. The van der Waals surface area contributed by atoms with Gasteiger partial charge in [0.2, 0.25) is 0 Å². The number of pyridine rings is 1. The molecule has 1 aromatic rings. The van der Waals surface area contributed by atoms with E-state index in [0.29, 0.717) is 12.3 Å². The molecule has 0 aliphatic carbocycles. The largest absolute Gasteiger partial charge is 0.466 e. The molecule has 0 aromatic carbocycles. The van der Waals surface area contributed by atoms with E-state index < -0.39 is 11.9 Å². The van der Waals surface area contributed by atoms with E-state index >= 15 is 0 Å². The van der Waals surface area contributed by atoms with Crippen molar-refractivity contribution in [3.63, 3.8) is 0 Å². The predicted octanol–water partition coefficient (Wildman–Crippen LogP) is 2.85. The average Bonchev–Trinajstić information content (AvgIpc) is 2.28. The number of ether oxygens (including phenoxy) is 1. The smallest absolute Gasteiger partial charge is 0.433 e. The maximum atomic E-state index is 12.3. The van der Waals surface area contributed by atoms with E-state index in [2.05, 4.69) is 10.3 Å². The zero-order valence-electron chi connectivity index (χ0n) is 10.6. The molecule has 0 radical (unpaired) electrons. The predicted molar refractivity (Wildman–Crippen MR) is 63.6 cm³/mol. The highest BCUT2D eigenvalue weighted by atomic mass is 19.4. The van der Waals surface area contributed by atoms with Crippen LogP contribution in [0.25, 0.3) is 0 Å². The number of hydrogen-bond acceptors (Lipinski definition) is 4. The molecule has 1 rings (SSSR count). The highest BCUT2D eigenvalue weighted by Crippen LogP contribution is 2.27. The van der Waals surface area contributed by atoms with Gasteiger partial charge in [-0.1, -0.05) is 0 Å². The van der Waals surface area contributed by atoms with Crippen molar-refractivity contribution >= 4 is 11.7 Å². The van der Waals surface area contributed by atoms with Crippen LogP contribution in [0, 0.1) is 0 Å². The van der Waals surface area contributed by atoms with Gasteiger partial charge in [0.05, 0.1) is 24.9 Å². The van der Waals surface area contributed by atoms with Gasteiger partial charge >= 0.3 is 12.1 Å². The molecule has 1 unspecified atom stereocenters. The van der Waals surface area contributed by atoms with E-state index in [0.717, 1.165) is 12.3 Å². The fourth-order valence-electron chi connectivity index (χ4n) is 1.45. The maximum absolute atomic E-state index is 12.3. The third-order valence-electron chi connectivity index (χ3n) is 2.25. The first-order chi connectivity index (χ1) is 8.82. The summed E-state index contributed by atoms with van der Waals surface area (Å²) in [7, 11) is 0. The second-order valence-electron chi connectivity index (χ2n) is 3.98. The Balaban J connectivity index is 2.56. The third-order valence-corrected chi connectivity index (χ3v) is 2.25. The first kappa shape index (κ1) is 15.3. The molecule has 19 heavy (non-hydrogen) atoms. The van der Waals surface area contributed by atoms with Crippen molar-refractivity contribution in [3.8, 4) is 0 Å². The van der Waals surface area contributed by atoms with Crippen molar-refractivity contribution in [2.45, 2.75) is 32.5 Å². The van der Waals surface area contributed by atoms with Gasteiger partial charge in [0.15, 0.2) is 0 Å². The van der Waals surface area contributed by atoms with Crippen LogP contribution in [0.2, 0.25) is 0 Å². The number of carbonyl (C=O) groups excluding carboxylic acids is 1. The number of nitrogens with one attached hydrogen (secondary N) is 1. The molecule has 0 spiro atoms. The van der Waals surface area contributed by atoms with Crippen LogP contribution in [0.5, 0.6) is 0 Å². The van der Waals surface area contributed by atoms with Gasteiger partial charge in [-0.05, 0) is 26.0 Å². The van der Waals surface area contributed by atoms with Crippen molar-refractivity contribution in [3.05, 3.63) is 24.0 Å². The summed E-state index contributed by atoms with van der Waals surface area (Å²) in [5.74, 6) is -0.359. The zero-order valence-corrected chi connectivity index (χ0v) is 10.6. The minimum atomic E-state index is -4.45. The molecule has 0 amide bonds. The maximum Gasteiger partial charge on any atom is 0.433 e. The molecule has 106 valence electrons. The first-order valence-electron chi connectivity index (χ1n) is 5.78. The minimum Gasteiger partial charge on any atom is -0.466 e. The Labute approximate surface area is 109 Å². The standard InChI is InChI=1S/C12H15F3N2O2/c1-3-19-11(18)6-8(2)17-9-4-5-10(16-7-9)12(13,14)15/h4-5,7-8,17H,3,6H2,1-2H3. The zero-order chi connectivity index (χ0) is 14.5. The van der Waals surface area contributed by atoms with E-state index in [1.54, 1.807) is 13.8 Å². The summed E-state index contributed by atoms with van der Waals surface area (Å²) in [6.45, 7) is 3.73. The van der Waals surface area contributed by atoms with Crippen LogP contribution in [-0.2, 0) is 15.7 Å². The first-order valence-corrected chi connectivity index (χ1v) is 5.78. The van der Waals surface area contributed by atoms with Gasteiger partial charge in [-0.2, -0.15) is 13.2 Å². The summed E-state index contributed by atoms with van der Waals surface area (Å²) in [5.41, 5.74) is -0.527. The number of rotatable bonds is 5. The molecule has 0 aliphatic rings. The summed E-state index contributed by atoms with van der Waals surface area (Å²) in [5, 5.41) is 2.88. The van der Waals surface area contributed by atoms with E-state index in [-0.39, 0.29) is 18.4 Å². The molecule has 0 aliphatic heterocycles. The van der Waals surface area contributed by atoms with Gasteiger partial charge in [0.1, 0.15) is 5.69 Å². The molecular weight excluding hydrogens is 261 g/mol. The van der Waals surface area contributed by atoms with Gasteiger partial charge in [-0.3, -0.25) is 4.79 Å². The van der Waals surface area contributed by atoms with Crippen molar-refractivity contribution in [1.82, 2.24) is 4.98 Å². The lowest BCUT2D eigenvalue weighted by Gasteiger charge is -2.14. The normalized spacial score (nSPS) is 12.9. The molecule has 4 nitrogen and oxygen atoms in total. The summed E-state index contributed by atoms with van der Waals surface area (Å²) in [6, 6.07) is 1.91. The van der Waals surface area contributed by atoms with Crippen LogP contribution in [0.15, 0.2) is 18.3 Å². The van der Waals surface area contributed by atoms with Gasteiger partial charge in [-0.25, -0.2) is 4.98 Å². The average molecular weight is 276 g/mol. The number of hydrogen-bond donors (Lipinski definition) is 1. The van der Waals surface area contributed by atoms with Gasteiger partial charge in [0, 0.05) is 6.04 Å². The Bertz CT molecular complexity index is 418. The molecule has 1 aromatic heterocycles. The van der Waals surface area contributed by atoms with Crippen LogP contribution in [0.1, 0.15) is 26.0 Å². The van der Waals surface area contributed by atoms with Crippen molar-refractivity contribution < 1.29 is 22.7 Å². The Morgan fingerprint density at radius 2 is 2.16 bits per heavy atom. The van der Waals surface area contributed by atoms with Crippen LogP contribution in [-0.4, -0.2) is 23.6 Å². The van der Waals surface area contributed by atoms with Crippen LogP contribution < -0.4 is 5.32 Å². The van der Waals surface area contributed by atoms with Gasteiger partial charge in [0.25, 0.3) is 0 Å². The van der Waals surface area contributed by atoms with E-state index in [1.807, 2.05) is 0 Å². The summed E-state index contributed by atoms with van der Waals surface area (Å²) >= 11 is 0. The highest BCUT2D eigenvalue weighted by molar-refractivity contribution is 5.70. The van der Waals surface area contributed by atoms with E-state index in [4.69, 9.17) is 4.74 Å². The fourth-order valence-corrected chi connectivity index (χ4v) is 1.45. The lowest BCUT2D eigenvalue weighted by molar-refractivity contribution is -0.143. The SMILES string of the molecule is CCOC(=O)CC(C)Nc1ccc(C(F)(F)F)nc1. The monoisotopic (exact) mass is 276 g/mol. The third kappa shape index (κ3) is 5.15. The second kappa shape index (κ2) is 6.40. The van der Waals surface area contributed by atoms with Crippen LogP contribution in [0.4, 0.5) is 18.9 Å². The molecule has 1 heterocycles. The van der Waals surface area contributed by atoms with Crippen molar-refractivity contribution in [2.75, 3.05) is 11.9 Å². The Kier molecular flexibility index (Phi) is 5.14. The van der Waals surface area contributed by atoms with E-state index in [9.17, 15) is 18.0 Å². The highest BCUT2D eigenvalue weighted by Gasteiger charge is 2.32. The number of carbonyl (C=O) groups is 1. The number of nitrogens with zero attached hydrogens (tertiary/aromatic N) is 1. The Morgan fingerprint density at radius 1 is 1.47 bits per heavy atom. The van der Waals surface area contributed by atoms with Crippen molar-refractivity contribution in [2.24, 2.45) is 0 Å². The summed E-state index contributed by atoms with van der Waals surface area (Å²) in [4.78, 5) is 14.5. The molecule has 0 bridgehead atoms. The minimum absolute atomic E-state index is 0.134. The van der Waals surface area contributed by atoms with Gasteiger partial charge in [-0.15, -0.1) is 0 Å². The van der Waals surface area contributed by atoms with Gasteiger partial charge < -0.3 is 10.1 Å². The lowest BCUT2D eigenvalue weighted by Crippen LogP contribution is -2.21. The summed E-state index contributed by atoms with van der Waals surface area (Å²) in [6.07, 6.45) is -3.23. The topological polar surface area (TPSA) is 51.2 Å². The van der Waals surface area contributed by atoms with E-state index in [1.165, 1.54) is 6.07 Å². The fraction of sp³-hybridized carbons (Fsp3) is 0.500. The van der Waals surface area contributed by atoms with Crippen LogP contribution in [0.3, 0.4) is 0 Å².